The Morgan fingerprint density at radius 1 is 1.07 bits per heavy atom. The van der Waals surface area contributed by atoms with E-state index in [-0.39, 0.29) is 29.0 Å². The van der Waals surface area contributed by atoms with Crippen molar-refractivity contribution in [3.63, 3.8) is 0 Å². The molecule has 2 aromatic carbocycles. The van der Waals surface area contributed by atoms with Crippen molar-refractivity contribution in [2.45, 2.75) is 13.5 Å². The molecule has 7 heteroatoms. The fraction of sp³-hybridized carbons (Fsp3) is 0.143. The molecule has 0 atom stereocenters. The molecule has 0 radical (unpaired) electrons. The first-order valence-electron chi connectivity index (χ1n) is 8.71. The molecule has 0 amide bonds. The number of pyridine rings is 1. The molecule has 4 rings (SSSR count). The minimum atomic E-state index is -0.655. The highest BCUT2D eigenvalue weighted by molar-refractivity contribution is 5.95. The van der Waals surface area contributed by atoms with E-state index < -0.39 is 5.95 Å². The number of nitrogens with zero attached hydrogens (tertiary/aromatic N) is 3. The Kier molecular flexibility index (Phi) is 4.22. The molecular weight excluding hydrogens is 362 g/mol. The highest BCUT2D eigenvalue weighted by Crippen LogP contribution is 2.31. The Morgan fingerprint density at radius 2 is 1.79 bits per heavy atom. The predicted molar refractivity (Wildman–Crippen MR) is 105 cm³/mol. The normalized spacial score (nSPS) is 11.3. The Bertz CT molecular complexity index is 1230. The van der Waals surface area contributed by atoms with Crippen LogP contribution in [0, 0.1) is 18.7 Å². The molecule has 4 aromatic rings. The summed E-state index contributed by atoms with van der Waals surface area (Å²) in [6.45, 7) is 2.02. The van der Waals surface area contributed by atoms with Crippen molar-refractivity contribution in [2.24, 2.45) is 7.05 Å². The topological polar surface area (TPSA) is 65.8 Å². The predicted octanol–water partition coefficient (Wildman–Crippen LogP) is 3.62. The van der Waals surface area contributed by atoms with Crippen LogP contribution in [0.25, 0.3) is 22.0 Å². The fourth-order valence-electron chi connectivity index (χ4n) is 3.37. The number of benzene rings is 2. The van der Waals surface area contributed by atoms with Crippen LogP contribution in [0.15, 0.2) is 53.5 Å². The van der Waals surface area contributed by atoms with E-state index in [1.165, 1.54) is 21.4 Å². The highest BCUT2D eigenvalue weighted by atomic mass is 19.1. The van der Waals surface area contributed by atoms with Crippen molar-refractivity contribution >= 4 is 16.6 Å². The van der Waals surface area contributed by atoms with Gasteiger partial charge in [0.2, 0.25) is 5.95 Å². The monoisotopic (exact) mass is 380 g/mol. The van der Waals surface area contributed by atoms with E-state index in [9.17, 15) is 13.6 Å². The number of anilines is 1. The average molecular weight is 380 g/mol. The van der Waals surface area contributed by atoms with Gasteiger partial charge in [0.1, 0.15) is 5.82 Å². The van der Waals surface area contributed by atoms with Crippen LogP contribution >= 0.6 is 0 Å². The molecule has 0 aliphatic carbocycles. The van der Waals surface area contributed by atoms with E-state index in [0.717, 1.165) is 16.7 Å². The van der Waals surface area contributed by atoms with Gasteiger partial charge in [0, 0.05) is 24.5 Å². The van der Waals surface area contributed by atoms with Crippen LogP contribution in [0.5, 0.6) is 0 Å². The first-order chi connectivity index (χ1) is 13.3. The third-order valence-corrected chi connectivity index (χ3v) is 4.78. The highest BCUT2D eigenvalue weighted by Gasteiger charge is 2.16. The van der Waals surface area contributed by atoms with Crippen LogP contribution in [-0.2, 0) is 13.6 Å². The van der Waals surface area contributed by atoms with Crippen molar-refractivity contribution in [1.82, 2.24) is 14.3 Å². The van der Waals surface area contributed by atoms with Crippen molar-refractivity contribution in [3.8, 4) is 11.1 Å². The molecule has 2 heterocycles. The maximum Gasteiger partial charge on any atom is 0.253 e. The number of rotatable bonds is 3. The maximum absolute atomic E-state index is 14.4. The van der Waals surface area contributed by atoms with E-state index in [2.05, 4.69) is 5.10 Å². The molecule has 0 saturated heterocycles. The number of aromatic nitrogens is 3. The number of halogens is 2. The SMILES string of the molecule is Cc1cc(-c2cc(N)c3c(F)nn(Cc4ccc(F)cc4)c3c2)cn(C)c1=O. The lowest BCUT2D eigenvalue weighted by atomic mass is 10.0. The number of aryl methyl sites for hydroxylation is 2. The number of nitrogen functional groups attached to an aromatic ring is 1. The molecule has 0 bridgehead atoms. The minimum Gasteiger partial charge on any atom is -0.398 e. The van der Waals surface area contributed by atoms with Crippen molar-refractivity contribution in [3.05, 3.63) is 81.9 Å². The molecular formula is C21H18F2N4O. The zero-order chi connectivity index (χ0) is 20.0. The van der Waals surface area contributed by atoms with Gasteiger partial charge in [-0.3, -0.25) is 9.48 Å². The first kappa shape index (κ1) is 17.9. The molecule has 28 heavy (non-hydrogen) atoms. The smallest absolute Gasteiger partial charge is 0.253 e. The van der Waals surface area contributed by atoms with Gasteiger partial charge in [0.05, 0.1) is 17.4 Å². The zero-order valence-electron chi connectivity index (χ0n) is 15.4. The molecule has 5 nitrogen and oxygen atoms in total. The lowest BCUT2D eigenvalue weighted by Crippen LogP contribution is -2.18. The number of hydrogen-bond donors (Lipinski definition) is 1. The molecule has 2 aromatic heterocycles. The van der Waals surface area contributed by atoms with Crippen LogP contribution in [0.4, 0.5) is 14.5 Å². The van der Waals surface area contributed by atoms with E-state index in [4.69, 9.17) is 5.73 Å². The second-order valence-electron chi connectivity index (χ2n) is 6.86. The van der Waals surface area contributed by atoms with Gasteiger partial charge in [-0.1, -0.05) is 12.1 Å². The number of nitrogens with two attached hydrogens (primary N) is 1. The van der Waals surface area contributed by atoms with E-state index in [1.54, 1.807) is 50.5 Å². The summed E-state index contributed by atoms with van der Waals surface area (Å²) in [5, 5.41) is 4.22. The molecule has 0 aliphatic heterocycles. The maximum atomic E-state index is 14.4. The summed E-state index contributed by atoms with van der Waals surface area (Å²) in [6.07, 6.45) is 1.72. The van der Waals surface area contributed by atoms with E-state index in [0.29, 0.717) is 11.1 Å². The summed E-state index contributed by atoms with van der Waals surface area (Å²) < 4.78 is 30.6. The third-order valence-electron chi connectivity index (χ3n) is 4.78. The third kappa shape index (κ3) is 3.05. The van der Waals surface area contributed by atoms with Crippen molar-refractivity contribution in [2.75, 3.05) is 5.73 Å². The molecule has 2 N–H and O–H groups in total. The standard InChI is InChI=1S/C21H18F2N4O/c1-12-7-15(11-26(2)21(12)28)14-8-17(24)19-18(9-14)27(25-20(19)23)10-13-3-5-16(22)6-4-13/h3-9,11H,10,24H2,1-2H3. The van der Waals surface area contributed by atoms with E-state index >= 15 is 0 Å². The lowest BCUT2D eigenvalue weighted by Gasteiger charge is -2.10. The van der Waals surface area contributed by atoms with Gasteiger partial charge < -0.3 is 10.3 Å². The Hall–Kier alpha value is -3.48. The van der Waals surface area contributed by atoms with Crippen LogP contribution < -0.4 is 11.3 Å². The summed E-state index contributed by atoms with van der Waals surface area (Å²) in [4.78, 5) is 12.0. The summed E-state index contributed by atoms with van der Waals surface area (Å²) >= 11 is 0. The van der Waals surface area contributed by atoms with Crippen molar-refractivity contribution in [1.29, 1.82) is 0 Å². The molecule has 0 fully saturated rings. The molecule has 0 aliphatic rings. The molecule has 0 unspecified atom stereocenters. The van der Waals surface area contributed by atoms with Gasteiger partial charge in [-0.25, -0.2) is 4.39 Å². The van der Waals surface area contributed by atoms with Gasteiger partial charge in [-0.05, 0) is 53.9 Å². The zero-order valence-corrected chi connectivity index (χ0v) is 15.4. The average Bonchev–Trinajstić information content (AvgIpc) is 2.97. The Morgan fingerprint density at radius 3 is 2.46 bits per heavy atom. The Labute approximate surface area is 159 Å². The van der Waals surface area contributed by atoms with Gasteiger partial charge in [0.15, 0.2) is 0 Å². The van der Waals surface area contributed by atoms with Gasteiger partial charge in [-0.15, -0.1) is 5.10 Å². The summed E-state index contributed by atoms with van der Waals surface area (Å²) in [7, 11) is 1.68. The van der Waals surface area contributed by atoms with Gasteiger partial charge >= 0.3 is 0 Å². The lowest BCUT2D eigenvalue weighted by molar-refractivity contribution is 0.549. The second-order valence-corrected chi connectivity index (χ2v) is 6.86. The van der Waals surface area contributed by atoms with Crippen molar-refractivity contribution < 1.29 is 8.78 Å². The van der Waals surface area contributed by atoms with Gasteiger partial charge in [-0.2, -0.15) is 4.39 Å². The minimum absolute atomic E-state index is 0.0785. The summed E-state index contributed by atoms with van der Waals surface area (Å²) in [6, 6.07) is 11.2. The second kappa shape index (κ2) is 6.60. The quantitative estimate of drug-likeness (QED) is 0.552. The summed E-state index contributed by atoms with van der Waals surface area (Å²) in [5.74, 6) is -0.991. The van der Waals surface area contributed by atoms with Gasteiger partial charge in [0.25, 0.3) is 5.56 Å². The number of fused-ring (bicyclic) bond motifs is 1. The van der Waals surface area contributed by atoms with Crippen LogP contribution in [-0.4, -0.2) is 14.3 Å². The van der Waals surface area contributed by atoms with Crippen LogP contribution in [0.2, 0.25) is 0 Å². The molecule has 0 spiro atoms. The molecule has 0 saturated carbocycles. The van der Waals surface area contributed by atoms with E-state index in [1.807, 2.05) is 0 Å². The number of hydrogen-bond acceptors (Lipinski definition) is 3. The first-order valence-corrected chi connectivity index (χ1v) is 8.71. The fourth-order valence-corrected chi connectivity index (χ4v) is 3.37. The van der Waals surface area contributed by atoms with Crippen LogP contribution in [0.1, 0.15) is 11.1 Å². The Balaban J connectivity index is 1.87. The van der Waals surface area contributed by atoms with Crippen LogP contribution in [0.3, 0.4) is 0 Å². The largest absolute Gasteiger partial charge is 0.398 e. The molecule has 142 valence electrons. The summed E-state index contributed by atoms with van der Waals surface area (Å²) in [5.41, 5.74) is 9.77.